The maximum atomic E-state index is 2.52. The second kappa shape index (κ2) is 19.0. The summed E-state index contributed by atoms with van der Waals surface area (Å²) in [5.41, 5.74) is 24.1. The molecule has 1 aliphatic rings. The molecule has 91 heavy (non-hydrogen) atoms. The van der Waals surface area contributed by atoms with Crippen LogP contribution in [0.4, 0.5) is 34.1 Å². The minimum Gasteiger partial charge on any atom is -0.310 e. The van der Waals surface area contributed by atoms with Gasteiger partial charge in [-0.05, 0) is 159 Å². The SMILES string of the molecule is CC1(C)c2cc(-c3ccc(-c4ccc(N(c5ccc(-c6ccccc6)cc5)c5cc6c7ccccc7n7c8sc9ccccc9c8c(c5)c67)cc4)cc3)ccc2-c2ccc(N(c3ccccc3)c3cc4c5ccccc5n5c6sc7ccccc7c6c(c3)c45)cc21. The molecular weight excluding hydrogens is 1140 g/mol. The van der Waals surface area contributed by atoms with Gasteiger partial charge in [0.05, 0.1) is 22.1 Å². The smallest absolute Gasteiger partial charge is 0.109 e. The maximum Gasteiger partial charge on any atom is 0.109 e. The van der Waals surface area contributed by atoms with Crippen molar-refractivity contribution < 1.29 is 0 Å². The zero-order valence-corrected chi connectivity index (χ0v) is 51.5. The predicted octanol–water partition coefficient (Wildman–Crippen LogP) is 24.7. The van der Waals surface area contributed by atoms with Crippen LogP contribution in [0.25, 0.3) is 139 Å². The molecule has 0 aliphatic heterocycles. The maximum absolute atomic E-state index is 2.52. The summed E-state index contributed by atoms with van der Waals surface area (Å²) >= 11 is 3.79. The van der Waals surface area contributed by atoms with Crippen molar-refractivity contribution in [3.8, 4) is 44.5 Å². The first-order valence-corrected chi connectivity index (χ1v) is 33.0. The zero-order valence-electron chi connectivity index (χ0n) is 49.8. The van der Waals surface area contributed by atoms with Gasteiger partial charge in [0.15, 0.2) is 0 Å². The molecule has 0 amide bonds. The Hall–Kier alpha value is -11.0. The van der Waals surface area contributed by atoms with Gasteiger partial charge in [-0.3, -0.25) is 8.80 Å². The molecule has 0 fully saturated rings. The lowest BCUT2D eigenvalue weighted by atomic mass is 9.81. The molecule has 0 bridgehead atoms. The predicted molar refractivity (Wildman–Crippen MR) is 390 cm³/mol. The van der Waals surface area contributed by atoms with Crippen molar-refractivity contribution in [3.63, 3.8) is 0 Å². The van der Waals surface area contributed by atoms with E-state index < -0.39 is 0 Å². The molecule has 1 aliphatic carbocycles. The highest BCUT2D eigenvalue weighted by Crippen LogP contribution is 2.54. The van der Waals surface area contributed by atoms with Gasteiger partial charge in [-0.2, -0.15) is 0 Å². The largest absolute Gasteiger partial charge is 0.310 e. The lowest BCUT2D eigenvalue weighted by molar-refractivity contribution is 0.660. The van der Waals surface area contributed by atoms with Gasteiger partial charge in [-0.15, -0.1) is 22.7 Å². The van der Waals surface area contributed by atoms with Crippen LogP contribution in [0, 0.1) is 0 Å². The standard InChI is InChI=1S/C85H54N4S2/c1-85(2)73-45-56(37-43-63(73)64-44-42-60(50-74(64)85)87(57-19-7-4-8-20-57)62-47-70-66-22-10-14-26-76(66)89-82(70)72(49-62)80-68-24-12-16-28-78(68)91-84(80)89)55-31-29-52(30-32-55)54-35-40-59(41-36-54)86(58-38-33-53(34-39-58)51-17-5-3-6-18-51)61-46-69-65-21-9-13-25-75(65)88-81(69)71(48-61)79-67-23-11-15-27-77(67)90-83(79)88/h3-50H,1-2H3. The van der Waals surface area contributed by atoms with E-state index in [2.05, 4.69) is 324 Å². The Kier molecular flexibility index (Phi) is 10.6. The van der Waals surface area contributed by atoms with Gasteiger partial charge >= 0.3 is 0 Å². The highest BCUT2D eigenvalue weighted by molar-refractivity contribution is 7.26. The highest BCUT2D eigenvalue weighted by Gasteiger charge is 2.37. The van der Waals surface area contributed by atoms with Gasteiger partial charge in [-0.1, -0.05) is 202 Å². The number of rotatable bonds is 9. The van der Waals surface area contributed by atoms with Crippen molar-refractivity contribution in [3.05, 3.63) is 302 Å². The average molecular weight is 1200 g/mol. The van der Waals surface area contributed by atoms with E-state index in [0.29, 0.717) is 0 Å². The Balaban J connectivity index is 0.645. The van der Waals surface area contributed by atoms with Crippen LogP contribution in [0.2, 0.25) is 0 Å². The summed E-state index contributed by atoms with van der Waals surface area (Å²) < 4.78 is 7.66. The number of anilines is 6. The first kappa shape index (κ1) is 50.9. The molecule has 13 aromatic carbocycles. The van der Waals surface area contributed by atoms with Gasteiger partial charge in [0.25, 0.3) is 0 Å². The van der Waals surface area contributed by atoms with Crippen molar-refractivity contribution in [1.82, 2.24) is 8.80 Å². The fourth-order valence-electron chi connectivity index (χ4n) is 15.7. The summed E-state index contributed by atoms with van der Waals surface area (Å²) in [5, 5.41) is 13.0. The number of hydrogen-bond donors (Lipinski definition) is 0. The zero-order chi connectivity index (χ0) is 59.8. The fraction of sp³-hybridized carbons (Fsp3) is 0.0353. The number of thiophene rings is 2. The molecule has 0 saturated carbocycles. The molecule has 6 heteroatoms. The van der Waals surface area contributed by atoms with Crippen LogP contribution < -0.4 is 9.80 Å². The Morgan fingerprint density at radius 3 is 1.16 bits per heavy atom. The summed E-state index contributed by atoms with van der Waals surface area (Å²) in [6, 6.07) is 109. The summed E-state index contributed by atoms with van der Waals surface area (Å²) in [5.74, 6) is 0. The monoisotopic (exact) mass is 1190 g/mol. The Bertz CT molecular complexity index is 6140. The normalized spacial score (nSPS) is 13.0. The van der Waals surface area contributed by atoms with Gasteiger partial charge < -0.3 is 9.80 Å². The van der Waals surface area contributed by atoms with Crippen molar-refractivity contribution in [2.45, 2.75) is 19.3 Å². The molecule has 0 saturated heterocycles. The lowest BCUT2D eigenvalue weighted by Gasteiger charge is -2.28. The minimum atomic E-state index is -0.252. The molecule has 0 spiro atoms. The van der Waals surface area contributed by atoms with E-state index in [-0.39, 0.29) is 5.41 Å². The third-order valence-electron chi connectivity index (χ3n) is 20.0. The van der Waals surface area contributed by atoms with Crippen LogP contribution in [0.1, 0.15) is 25.0 Å². The second-order valence-corrected chi connectivity index (χ2v) is 27.3. The number of para-hydroxylation sites is 3. The topological polar surface area (TPSA) is 15.3 Å². The van der Waals surface area contributed by atoms with Crippen LogP contribution in [0.3, 0.4) is 0 Å². The number of benzene rings is 13. The summed E-state index contributed by atoms with van der Waals surface area (Å²) in [6.07, 6.45) is 0. The fourth-order valence-corrected chi connectivity index (χ4v) is 18.2. The van der Waals surface area contributed by atoms with E-state index in [0.717, 1.165) is 34.1 Å². The van der Waals surface area contributed by atoms with E-state index >= 15 is 0 Å². The van der Waals surface area contributed by atoms with Crippen LogP contribution in [-0.2, 0) is 5.41 Å². The molecule has 0 radical (unpaired) electrons. The minimum absolute atomic E-state index is 0.252. The van der Waals surface area contributed by atoms with Gasteiger partial charge in [0.1, 0.15) is 9.66 Å². The first-order valence-electron chi connectivity index (χ1n) is 31.4. The molecule has 6 heterocycles. The number of fused-ring (bicyclic) bond motifs is 19. The number of nitrogens with zero attached hydrogens (tertiary/aromatic N) is 4. The summed E-state index contributed by atoms with van der Waals surface area (Å²) in [7, 11) is 0. The van der Waals surface area contributed by atoms with Crippen molar-refractivity contribution in [1.29, 1.82) is 0 Å². The van der Waals surface area contributed by atoms with E-state index in [1.807, 2.05) is 22.7 Å². The summed E-state index contributed by atoms with van der Waals surface area (Å²) in [6.45, 7) is 4.81. The van der Waals surface area contributed by atoms with Crippen molar-refractivity contribution >= 4 is 152 Å². The van der Waals surface area contributed by atoms with E-state index in [9.17, 15) is 0 Å². The quantitative estimate of drug-likeness (QED) is 0.143. The molecule has 426 valence electrons. The summed E-state index contributed by atoms with van der Waals surface area (Å²) in [4.78, 5) is 7.53. The van der Waals surface area contributed by atoms with E-state index in [1.165, 1.54) is 151 Å². The first-order chi connectivity index (χ1) is 44.9. The molecule has 20 rings (SSSR count). The van der Waals surface area contributed by atoms with Gasteiger partial charge in [-0.25, -0.2) is 0 Å². The lowest BCUT2D eigenvalue weighted by Crippen LogP contribution is -2.16. The third-order valence-corrected chi connectivity index (χ3v) is 22.3. The molecule has 19 aromatic rings. The van der Waals surface area contributed by atoms with E-state index in [4.69, 9.17) is 0 Å². The number of hydrogen-bond acceptors (Lipinski definition) is 4. The van der Waals surface area contributed by atoms with Crippen molar-refractivity contribution in [2.24, 2.45) is 0 Å². The van der Waals surface area contributed by atoms with Gasteiger partial charge in [0.2, 0.25) is 0 Å². The Labute approximate surface area is 532 Å². The molecule has 4 nitrogen and oxygen atoms in total. The highest BCUT2D eigenvalue weighted by atomic mass is 32.1. The molecule has 0 unspecified atom stereocenters. The van der Waals surface area contributed by atoms with Crippen LogP contribution >= 0.6 is 22.7 Å². The van der Waals surface area contributed by atoms with Crippen LogP contribution in [0.5, 0.6) is 0 Å². The molecular formula is C85H54N4S2. The Morgan fingerprint density at radius 1 is 0.275 bits per heavy atom. The van der Waals surface area contributed by atoms with E-state index in [1.54, 1.807) is 0 Å². The second-order valence-electron chi connectivity index (χ2n) is 25.2. The van der Waals surface area contributed by atoms with Crippen LogP contribution in [-0.4, -0.2) is 8.80 Å². The molecule has 0 atom stereocenters. The third kappa shape index (κ3) is 7.31. The molecule has 0 N–H and O–H groups in total. The van der Waals surface area contributed by atoms with Crippen molar-refractivity contribution in [2.75, 3.05) is 9.80 Å². The number of aromatic nitrogens is 2. The average Bonchev–Trinajstić information content (AvgIpc) is 1.54. The Morgan fingerprint density at radius 2 is 0.637 bits per heavy atom. The molecule has 6 aromatic heterocycles. The van der Waals surface area contributed by atoms with Gasteiger partial charge in [0, 0.05) is 103 Å². The van der Waals surface area contributed by atoms with Crippen LogP contribution in [0.15, 0.2) is 291 Å².